The molecule has 0 bridgehead atoms. The lowest BCUT2D eigenvalue weighted by molar-refractivity contribution is -0.188. The van der Waals surface area contributed by atoms with Gasteiger partial charge in [0.15, 0.2) is 0 Å². The molecule has 0 spiro atoms. The van der Waals surface area contributed by atoms with E-state index in [2.05, 4.69) is 6.08 Å². The second kappa shape index (κ2) is 7.41. The molecular formula is C17H30O4. The lowest BCUT2D eigenvalue weighted by Gasteiger charge is -2.37. The molecule has 4 heteroatoms. The van der Waals surface area contributed by atoms with Gasteiger partial charge in [0.2, 0.25) is 0 Å². The fourth-order valence-corrected chi connectivity index (χ4v) is 3.13. The topological polar surface area (TPSA) is 55.8 Å². The molecule has 4 nitrogen and oxygen atoms in total. The van der Waals surface area contributed by atoms with Crippen LogP contribution in [-0.2, 0) is 14.3 Å². The predicted molar refractivity (Wildman–Crippen MR) is 83.0 cm³/mol. The van der Waals surface area contributed by atoms with E-state index in [0.29, 0.717) is 6.42 Å². The quantitative estimate of drug-likeness (QED) is 0.578. The zero-order valence-corrected chi connectivity index (χ0v) is 14.0. The summed E-state index contributed by atoms with van der Waals surface area (Å²) in [5.74, 6) is -0.300. The Balaban J connectivity index is 2.72. The van der Waals surface area contributed by atoms with Crippen LogP contribution in [-0.4, -0.2) is 34.5 Å². The van der Waals surface area contributed by atoms with Gasteiger partial charge in [0.1, 0.15) is 5.60 Å². The van der Waals surface area contributed by atoms with Crippen molar-refractivity contribution in [2.45, 2.75) is 90.1 Å². The summed E-state index contributed by atoms with van der Waals surface area (Å²) in [4.78, 5) is 11.2. The highest BCUT2D eigenvalue weighted by atomic mass is 16.6. The van der Waals surface area contributed by atoms with Gasteiger partial charge in [-0.2, -0.15) is 0 Å². The van der Waals surface area contributed by atoms with Crippen molar-refractivity contribution >= 4 is 5.97 Å². The van der Waals surface area contributed by atoms with Gasteiger partial charge in [-0.15, -0.1) is 0 Å². The van der Waals surface area contributed by atoms with Crippen molar-refractivity contribution in [1.29, 1.82) is 0 Å². The first kappa shape index (κ1) is 18.2. The number of allylic oxidation sites excluding steroid dienone is 2. The maximum absolute atomic E-state index is 11.2. The molecule has 1 rings (SSSR count). The third-order valence-corrected chi connectivity index (χ3v) is 4.44. The van der Waals surface area contributed by atoms with E-state index in [1.807, 2.05) is 33.8 Å². The Morgan fingerprint density at radius 2 is 2.24 bits per heavy atom. The van der Waals surface area contributed by atoms with Gasteiger partial charge in [-0.05, 0) is 52.9 Å². The second-order valence-corrected chi connectivity index (χ2v) is 6.42. The van der Waals surface area contributed by atoms with Gasteiger partial charge in [-0.25, -0.2) is 0 Å². The number of ether oxygens (including phenoxy) is 2. The van der Waals surface area contributed by atoms with Crippen LogP contribution in [0.5, 0.6) is 0 Å². The number of hydrogen-bond acceptors (Lipinski definition) is 4. The lowest BCUT2D eigenvalue weighted by atomic mass is 9.87. The van der Waals surface area contributed by atoms with Crippen LogP contribution in [0.4, 0.5) is 0 Å². The number of carbonyl (C=O) groups is 1. The Labute approximate surface area is 128 Å². The summed E-state index contributed by atoms with van der Waals surface area (Å²) in [6.45, 7) is 9.18. The first-order valence-corrected chi connectivity index (χ1v) is 7.94. The summed E-state index contributed by atoms with van der Waals surface area (Å²) < 4.78 is 11.6. The van der Waals surface area contributed by atoms with Crippen molar-refractivity contribution in [3.8, 4) is 0 Å². The largest absolute Gasteiger partial charge is 0.457 e. The van der Waals surface area contributed by atoms with Gasteiger partial charge >= 0.3 is 5.97 Å². The fraction of sp³-hybridized carbons (Fsp3) is 0.824. The maximum Gasteiger partial charge on any atom is 0.303 e. The van der Waals surface area contributed by atoms with E-state index in [9.17, 15) is 9.90 Å². The third kappa shape index (κ3) is 4.55. The minimum Gasteiger partial charge on any atom is -0.457 e. The Kier molecular flexibility index (Phi) is 6.41. The normalized spacial score (nSPS) is 28.0. The Hall–Kier alpha value is -0.870. The standard InChI is InChI=1S/C17H30O4/c1-6-8-9-10-14(19)17(7-2)12-11-15(21-17)16(4,5)20-13(3)18/h6,8,14-15,19H,7,9-12H2,1-5H3/b8-6-/t14-,15-,17+/m1/s1. The maximum atomic E-state index is 11.2. The molecule has 21 heavy (non-hydrogen) atoms. The third-order valence-electron chi connectivity index (χ3n) is 4.44. The molecule has 0 saturated carbocycles. The van der Waals surface area contributed by atoms with E-state index >= 15 is 0 Å². The van der Waals surface area contributed by atoms with Crippen molar-refractivity contribution < 1.29 is 19.4 Å². The molecule has 0 unspecified atom stereocenters. The van der Waals surface area contributed by atoms with Gasteiger partial charge in [-0.3, -0.25) is 4.79 Å². The van der Waals surface area contributed by atoms with Crippen molar-refractivity contribution in [3.05, 3.63) is 12.2 Å². The molecule has 3 atom stereocenters. The van der Waals surface area contributed by atoms with Gasteiger partial charge in [-0.1, -0.05) is 19.1 Å². The van der Waals surface area contributed by atoms with Crippen LogP contribution >= 0.6 is 0 Å². The molecule has 0 radical (unpaired) electrons. The minimum absolute atomic E-state index is 0.169. The molecule has 1 aliphatic rings. The van der Waals surface area contributed by atoms with Crippen LogP contribution in [0, 0.1) is 0 Å². The van der Waals surface area contributed by atoms with E-state index in [1.165, 1.54) is 6.92 Å². The molecule has 0 aromatic heterocycles. The number of aliphatic hydroxyl groups excluding tert-OH is 1. The zero-order valence-electron chi connectivity index (χ0n) is 14.0. The van der Waals surface area contributed by atoms with Crippen LogP contribution in [0.2, 0.25) is 0 Å². The highest BCUT2D eigenvalue weighted by Crippen LogP contribution is 2.42. The summed E-state index contributed by atoms with van der Waals surface area (Å²) in [5.41, 5.74) is -1.17. The molecule has 1 fully saturated rings. The van der Waals surface area contributed by atoms with E-state index in [0.717, 1.165) is 25.7 Å². The van der Waals surface area contributed by atoms with E-state index in [1.54, 1.807) is 0 Å². The number of rotatable bonds is 7. The molecule has 0 aliphatic carbocycles. The van der Waals surface area contributed by atoms with Crippen molar-refractivity contribution in [2.75, 3.05) is 0 Å². The van der Waals surface area contributed by atoms with Crippen LogP contribution in [0.1, 0.15) is 66.7 Å². The molecule has 1 aliphatic heterocycles. The molecule has 1 saturated heterocycles. The summed E-state index contributed by atoms with van der Waals surface area (Å²) in [6, 6.07) is 0. The molecule has 1 N–H and O–H groups in total. The highest BCUT2D eigenvalue weighted by Gasteiger charge is 2.49. The van der Waals surface area contributed by atoms with E-state index in [-0.39, 0.29) is 12.1 Å². The summed E-state index contributed by atoms with van der Waals surface area (Å²) in [7, 11) is 0. The average Bonchev–Trinajstić information content (AvgIpc) is 2.84. The molecule has 0 aromatic carbocycles. The van der Waals surface area contributed by atoms with Crippen LogP contribution in [0.15, 0.2) is 12.2 Å². The monoisotopic (exact) mass is 298 g/mol. The average molecular weight is 298 g/mol. The number of carbonyl (C=O) groups excluding carboxylic acids is 1. The van der Waals surface area contributed by atoms with Gasteiger partial charge in [0.25, 0.3) is 0 Å². The minimum atomic E-state index is -0.661. The van der Waals surface area contributed by atoms with Crippen molar-refractivity contribution in [2.24, 2.45) is 0 Å². The Bertz CT molecular complexity index is 375. The van der Waals surface area contributed by atoms with Gasteiger partial charge < -0.3 is 14.6 Å². The first-order chi connectivity index (χ1) is 9.77. The predicted octanol–water partition coefficient (Wildman–Crippen LogP) is 3.37. The fourth-order valence-electron chi connectivity index (χ4n) is 3.13. The molecular weight excluding hydrogens is 268 g/mol. The van der Waals surface area contributed by atoms with Crippen LogP contribution in [0.25, 0.3) is 0 Å². The number of aliphatic hydroxyl groups is 1. The van der Waals surface area contributed by atoms with Gasteiger partial charge in [0.05, 0.1) is 17.8 Å². The molecule has 122 valence electrons. The smallest absolute Gasteiger partial charge is 0.303 e. The summed E-state index contributed by atoms with van der Waals surface area (Å²) >= 11 is 0. The molecule has 0 aromatic rings. The lowest BCUT2D eigenvalue weighted by Crippen LogP contribution is -2.46. The Morgan fingerprint density at radius 1 is 1.57 bits per heavy atom. The first-order valence-electron chi connectivity index (χ1n) is 7.94. The summed E-state index contributed by atoms with van der Waals surface area (Å²) in [6.07, 6.45) is 7.30. The van der Waals surface area contributed by atoms with Gasteiger partial charge in [0, 0.05) is 6.92 Å². The van der Waals surface area contributed by atoms with E-state index in [4.69, 9.17) is 9.47 Å². The molecule has 1 heterocycles. The number of esters is 1. The van der Waals surface area contributed by atoms with Crippen molar-refractivity contribution in [3.63, 3.8) is 0 Å². The van der Waals surface area contributed by atoms with Crippen molar-refractivity contribution in [1.82, 2.24) is 0 Å². The highest BCUT2D eigenvalue weighted by molar-refractivity contribution is 5.66. The van der Waals surface area contributed by atoms with E-state index < -0.39 is 17.3 Å². The summed E-state index contributed by atoms with van der Waals surface area (Å²) in [5, 5.41) is 10.5. The Morgan fingerprint density at radius 3 is 2.76 bits per heavy atom. The SMILES string of the molecule is C/C=C\CC[C@@H](O)[C@]1(CC)CC[C@H](C(C)(C)OC(C)=O)O1. The van der Waals surface area contributed by atoms with Crippen LogP contribution in [0.3, 0.4) is 0 Å². The van der Waals surface area contributed by atoms with Crippen LogP contribution < -0.4 is 0 Å². The molecule has 0 amide bonds. The second-order valence-electron chi connectivity index (χ2n) is 6.42. The zero-order chi connectivity index (χ0) is 16.1. The number of hydrogen-bond donors (Lipinski definition) is 1.